The molecule has 2 rings (SSSR count). The third-order valence-electron chi connectivity index (χ3n) is 2.26. The lowest BCUT2D eigenvalue weighted by atomic mass is 10.2. The van der Waals surface area contributed by atoms with E-state index in [4.69, 9.17) is 5.11 Å². The van der Waals surface area contributed by atoms with Gasteiger partial charge in [-0.2, -0.15) is 0 Å². The first-order valence-corrected chi connectivity index (χ1v) is 6.23. The van der Waals surface area contributed by atoms with E-state index in [9.17, 15) is 9.59 Å². The molecule has 0 saturated carbocycles. The van der Waals surface area contributed by atoms with Gasteiger partial charge in [-0.05, 0) is 40.2 Å². The van der Waals surface area contributed by atoms with Crippen molar-refractivity contribution in [2.75, 3.05) is 10.6 Å². The molecule has 0 spiro atoms. The minimum atomic E-state index is -1.04. The Morgan fingerprint density at radius 3 is 2.45 bits per heavy atom. The maximum absolute atomic E-state index is 11.7. The summed E-state index contributed by atoms with van der Waals surface area (Å²) >= 11 is 3.19. The van der Waals surface area contributed by atoms with E-state index >= 15 is 0 Å². The van der Waals surface area contributed by atoms with Crippen molar-refractivity contribution in [2.24, 2.45) is 0 Å². The minimum Gasteiger partial charge on any atom is -0.478 e. The van der Waals surface area contributed by atoms with Crippen molar-refractivity contribution in [3.05, 3.63) is 46.7 Å². The lowest BCUT2D eigenvalue weighted by Gasteiger charge is -2.08. The fraction of sp³-hybridized carbons (Fsp3) is 0. The SMILES string of the molecule is O=C(Nc1ncccn1)Nc1ccc(C(=O)O)cc1Br. The second kappa shape index (κ2) is 6.11. The molecule has 0 atom stereocenters. The number of benzene rings is 1. The van der Waals surface area contributed by atoms with Crippen molar-refractivity contribution < 1.29 is 14.7 Å². The smallest absolute Gasteiger partial charge is 0.335 e. The van der Waals surface area contributed by atoms with Crippen LogP contribution in [0, 0.1) is 0 Å². The van der Waals surface area contributed by atoms with E-state index in [1.54, 1.807) is 6.07 Å². The van der Waals surface area contributed by atoms with E-state index in [1.807, 2.05) is 0 Å². The Morgan fingerprint density at radius 2 is 1.85 bits per heavy atom. The number of carbonyl (C=O) groups is 2. The van der Waals surface area contributed by atoms with Gasteiger partial charge < -0.3 is 10.4 Å². The first-order valence-electron chi connectivity index (χ1n) is 5.44. The summed E-state index contributed by atoms with van der Waals surface area (Å²) in [6, 6.07) is 5.38. The molecule has 2 aromatic rings. The van der Waals surface area contributed by atoms with Crippen molar-refractivity contribution in [3.8, 4) is 0 Å². The van der Waals surface area contributed by atoms with Gasteiger partial charge in [0.15, 0.2) is 0 Å². The van der Waals surface area contributed by atoms with E-state index in [1.165, 1.54) is 30.6 Å². The number of aromatic carboxylic acids is 1. The highest BCUT2D eigenvalue weighted by Crippen LogP contribution is 2.23. The number of hydrogen-bond donors (Lipinski definition) is 3. The predicted molar refractivity (Wildman–Crippen MR) is 75.8 cm³/mol. The van der Waals surface area contributed by atoms with Crippen LogP contribution in [0.15, 0.2) is 41.1 Å². The van der Waals surface area contributed by atoms with Crippen LogP contribution in [0.1, 0.15) is 10.4 Å². The third kappa shape index (κ3) is 3.51. The van der Waals surface area contributed by atoms with Crippen LogP contribution in [0.25, 0.3) is 0 Å². The molecule has 0 fully saturated rings. The van der Waals surface area contributed by atoms with Crippen LogP contribution in [0.2, 0.25) is 0 Å². The summed E-state index contributed by atoms with van der Waals surface area (Å²) < 4.78 is 0.460. The molecule has 0 aliphatic heterocycles. The maximum atomic E-state index is 11.7. The normalized spacial score (nSPS) is 9.85. The molecule has 0 aliphatic carbocycles. The molecule has 0 bridgehead atoms. The number of carboxylic acid groups (broad SMARTS) is 1. The number of aromatic nitrogens is 2. The number of carboxylic acids is 1. The number of hydrogen-bond acceptors (Lipinski definition) is 4. The molecule has 0 radical (unpaired) electrons. The van der Waals surface area contributed by atoms with Crippen LogP contribution in [-0.4, -0.2) is 27.1 Å². The van der Waals surface area contributed by atoms with Crippen LogP contribution in [-0.2, 0) is 0 Å². The summed E-state index contributed by atoms with van der Waals surface area (Å²) in [6.07, 6.45) is 3.00. The van der Waals surface area contributed by atoms with Gasteiger partial charge in [0.2, 0.25) is 5.95 Å². The molecular formula is C12H9BrN4O3. The largest absolute Gasteiger partial charge is 0.478 e. The number of halogens is 1. The van der Waals surface area contributed by atoms with Gasteiger partial charge in [-0.1, -0.05) is 0 Å². The van der Waals surface area contributed by atoms with Crippen LogP contribution in [0.5, 0.6) is 0 Å². The van der Waals surface area contributed by atoms with Crippen molar-refractivity contribution >= 4 is 39.6 Å². The zero-order chi connectivity index (χ0) is 14.5. The molecule has 2 amide bonds. The summed E-state index contributed by atoms with van der Waals surface area (Å²) in [4.78, 5) is 30.2. The van der Waals surface area contributed by atoms with E-state index < -0.39 is 12.0 Å². The van der Waals surface area contributed by atoms with Crippen molar-refractivity contribution in [1.29, 1.82) is 0 Å². The van der Waals surface area contributed by atoms with Crippen LogP contribution in [0.4, 0.5) is 16.4 Å². The zero-order valence-electron chi connectivity index (χ0n) is 10.0. The lowest BCUT2D eigenvalue weighted by molar-refractivity contribution is 0.0697. The first-order chi connectivity index (χ1) is 9.56. The second-order valence-electron chi connectivity index (χ2n) is 3.65. The lowest BCUT2D eigenvalue weighted by Crippen LogP contribution is -2.21. The standard InChI is InChI=1S/C12H9BrN4O3/c13-8-6-7(10(18)19)2-3-9(8)16-12(20)17-11-14-4-1-5-15-11/h1-6H,(H,18,19)(H2,14,15,16,17,20). The summed E-state index contributed by atoms with van der Waals surface area (Å²) in [5.41, 5.74) is 0.553. The fourth-order valence-corrected chi connectivity index (χ4v) is 1.85. The Hall–Kier alpha value is -2.48. The van der Waals surface area contributed by atoms with Gasteiger partial charge in [0.25, 0.3) is 0 Å². The van der Waals surface area contributed by atoms with Crippen LogP contribution in [0.3, 0.4) is 0 Å². The molecule has 8 heteroatoms. The average Bonchev–Trinajstić information content (AvgIpc) is 2.42. The van der Waals surface area contributed by atoms with Crippen LogP contribution >= 0.6 is 15.9 Å². The Labute approximate surface area is 122 Å². The topological polar surface area (TPSA) is 104 Å². The highest BCUT2D eigenvalue weighted by molar-refractivity contribution is 9.10. The summed E-state index contributed by atoms with van der Waals surface area (Å²) in [6.45, 7) is 0. The predicted octanol–water partition coefficient (Wildman–Crippen LogP) is 2.58. The summed E-state index contributed by atoms with van der Waals surface area (Å²) in [7, 11) is 0. The van der Waals surface area contributed by atoms with Gasteiger partial charge in [-0.3, -0.25) is 5.32 Å². The van der Waals surface area contributed by atoms with Crippen molar-refractivity contribution in [3.63, 3.8) is 0 Å². The number of rotatable bonds is 3. The fourth-order valence-electron chi connectivity index (χ4n) is 1.37. The molecule has 20 heavy (non-hydrogen) atoms. The van der Waals surface area contributed by atoms with Gasteiger partial charge in [0.1, 0.15) is 0 Å². The van der Waals surface area contributed by atoms with E-state index in [0.717, 1.165) is 0 Å². The molecule has 3 N–H and O–H groups in total. The number of anilines is 2. The molecule has 102 valence electrons. The Bertz CT molecular complexity index is 648. The Kier molecular flexibility index (Phi) is 4.26. The molecule has 0 unspecified atom stereocenters. The van der Waals surface area contributed by atoms with Crippen LogP contribution < -0.4 is 10.6 Å². The Morgan fingerprint density at radius 1 is 1.15 bits per heavy atom. The highest BCUT2D eigenvalue weighted by Gasteiger charge is 2.09. The number of nitrogens with one attached hydrogen (secondary N) is 2. The molecule has 0 saturated heterocycles. The Balaban J connectivity index is 2.06. The number of carbonyl (C=O) groups excluding carboxylic acids is 1. The molecule has 1 aromatic carbocycles. The van der Waals surface area contributed by atoms with Crippen molar-refractivity contribution in [2.45, 2.75) is 0 Å². The van der Waals surface area contributed by atoms with Gasteiger partial charge in [0.05, 0.1) is 11.3 Å². The number of urea groups is 1. The number of nitrogens with zero attached hydrogens (tertiary/aromatic N) is 2. The number of amides is 2. The summed E-state index contributed by atoms with van der Waals surface area (Å²) in [5.74, 6) is -0.873. The first kappa shape index (κ1) is 13.9. The van der Waals surface area contributed by atoms with Gasteiger partial charge >= 0.3 is 12.0 Å². The minimum absolute atomic E-state index is 0.120. The van der Waals surface area contributed by atoms with Gasteiger partial charge in [-0.15, -0.1) is 0 Å². The van der Waals surface area contributed by atoms with E-state index in [0.29, 0.717) is 10.2 Å². The van der Waals surface area contributed by atoms with E-state index in [2.05, 4.69) is 36.5 Å². The highest BCUT2D eigenvalue weighted by atomic mass is 79.9. The quantitative estimate of drug-likeness (QED) is 0.799. The maximum Gasteiger partial charge on any atom is 0.335 e. The molecule has 7 nitrogen and oxygen atoms in total. The van der Waals surface area contributed by atoms with Gasteiger partial charge in [-0.25, -0.2) is 19.6 Å². The zero-order valence-corrected chi connectivity index (χ0v) is 11.6. The monoisotopic (exact) mass is 336 g/mol. The average molecular weight is 337 g/mol. The summed E-state index contributed by atoms with van der Waals surface area (Å²) in [5, 5.41) is 13.8. The second-order valence-corrected chi connectivity index (χ2v) is 4.51. The van der Waals surface area contributed by atoms with Gasteiger partial charge in [0, 0.05) is 16.9 Å². The molecule has 0 aliphatic rings. The molecule has 1 heterocycles. The van der Waals surface area contributed by atoms with Crippen molar-refractivity contribution in [1.82, 2.24) is 9.97 Å². The third-order valence-corrected chi connectivity index (χ3v) is 2.91. The molecule has 1 aromatic heterocycles. The molecular weight excluding hydrogens is 328 g/mol. The van der Waals surface area contributed by atoms with E-state index in [-0.39, 0.29) is 11.5 Å².